The van der Waals surface area contributed by atoms with E-state index in [9.17, 15) is 8.78 Å². The summed E-state index contributed by atoms with van der Waals surface area (Å²) < 4.78 is 27.5. The van der Waals surface area contributed by atoms with Crippen molar-refractivity contribution < 1.29 is 8.78 Å². The highest BCUT2D eigenvalue weighted by molar-refractivity contribution is 5.33. The molecule has 0 aliphatic heterocycles. The molecule has 0 radical (unpaired) electrons. The van der Waals surface area contributed by atoms with Gasteiger partial charge in [-0.05, 0) is 42.7 Å². The van der Waals surface area contributed by atoms with Crippen molar-refractivity contribution in [2.45, 2.75) is 63.8 Å². The molecule has 3 rings (SSSR count). The molecule has 1 spiro atoms. The fourth-order valence-corrected chi connectivity index (χ4v) is 4.59. The Morgan fingerprint density at radius 3 is 2.38 bits per heavy atom. The van der Waals surface area contributed by atoms with Gasteiger partial charge in [-0.15, -0.1) is 0 Å². The molecule has 0 unspecified atom stereocenters. The Hall–Kier alpha value is -0.960. The van der Waals surface area contributed by atoms with Crippen LogP contribution in [0, 0.1) is 17.0 Å². The highest BCUT2D eigenvalue weighted by atomic mass is 19.1. The zero-order valence-electron chi connectivity index (χ0n) is 13.0. The lowest BCUT2D eigenvalue weighted by Crippen LogP contribution is -2.55. The molecule has 2 saturated carbocycles. The first-order valence-electron chi connectivity index (χ1n) is 8.14. The van der Waals surface area contributed by atoms with Crippen molar-refractivity contribution in [1.29, 1.82) is 0 Å². The Kier molecular flexibility index (Phi) is 3.81. The highest BCUT2D eigenvalue weighted by Gasteiger charge is 2.56. The number of hydrogen-bond donors (Lipinski definition) is 1. The minimum absolute atomic E-state index is 0.146. The number of hydrogen-bond acceptors (Lipinski definition) is 1. The molecule has 2 aliphatic rings. The van der Waals surface area contributed by atoms with Gasteiger partial charge in [0, 0.05) is 24.1 Å². The summed E-state index contributed by atoms with van der Waals surface area (Å²) >= 11 is 0. The Bertz CT molecular complexity index is 510. The van der Waals surface area contributed by atoms with Gasteiger partial charge in [0.25, 0.3) is 0 Å². The lowest BCUT2D eigenvalue weighted by atomic mass is 9.49. The highest BCUT2D eigenvalue weighted by Crippen LogP contribution is 2.63. The maximum absolute atomic E-state index is 14.3. The van der Waals surface area contributed by atoms with E-state index in [1.54, 1.807) is 6.07 Å². The summed E-state index contributed by atoms with van der Waals surface area (Å²) in [5.41, 5.74) is 0.987. The van der Waals surface area contributed by atoms with Crippen LogP contribution < -0.4 is 5.32 Å². The van der Waals surface area contributed by atoms with E-state index in [1.807, 2.05) is 0 Å². The van der Waals surface area contributed by atoms with Gasteiger partial charge < -0.3 is 5.32 Å². The second kappa shape index (κ2) is 5.35. The molecule has 116 valence electrons. The molecule has 1 nitrogen and oxygen atoms in total. The molecule has 0 aromatic heterocycles. The van der Waals surface area contributed by atoms with E-state index in [2.05, 4.69) is 19.2 Å². The summed E-state index contributed by atoms with van der Waals surface area (Å²) in [7, 11) is 0. The maximum Gasteiger partial charge on any atom is 0.129 e. The summed E-state index contributed by atoms with van der Waals surface area (Å²) in [6.07, 6.45) is 7.25. The Morgan fingerprint density at radius 1 is 1.14 bits per heavy atom. The standard InChI is InChI=1S/C18H25F2N/c1-13(2)21-12-18(10-17(11-18)7-3-4-8-17)15-6-5-14(19)9-16(15)20/h5-6,9,13,21H,3-4,7-8,10-12H2,1-2H3. The molecule has 1 N–H and O–H groups in total. The molecule has 1 aromatic rings. The molecule has 2 fully saturated rings. The molecule has 0 atom stereocenters. The minimum Gasteiger partial charge on any atom is -0.314 e. The molecular weight excluding hydrogens is 268 g/mol. The molecular formula is C18H25F2N. The summed E-state index contributed by atoms with van der Waals surface area (Å²) in [4.78, 5) is 0. The predicted octanol–water partition coefficient (Wildman–Crippen LogP) is 4.55. The first-order chi connectivity index (χ1) is 9.95. The van der Waals surface area contributed by atoms with Gasteiger partial charge in [0.2, 0.25) is 0 Å². The quantitative estimate of drug-likeness (QED) is 0.858. The Labute approximate surface area is 126 Å². The molecule has 3 heteroatoms. The fourth-order valence-electron chi connectivity index (χ4n) is 4.59. The molecule has 21 heavy (non-hydrogen) atoms. The molecule has 0 saturated heterocycles. The number of nitrogens with one attached hydrogen (secondary N) is 1. The van der Waals surface area contributed by atoms with Gasteiger partial charge in [0.05, 0.1) is 0 Å². The summed E-state index contributed by atoms with van der Waals surface area (Å²) in [5.74, 6) is -0.869. The smallest absolute Gasteiger partial charge is 0.129 e. The average Bonchev–Trinajstić information content (AvgIpc) is 2.84. The van der Waals surface area contributed by atoms with Crippen LogP contribution in [0.15, 0.2) is 18.2 Å². The molecule has 1 aromatic carbocycles. The van der Waals surface area contributed by atoms with Crippen LogP contribution in [0.1, 0.15) is 57.9 Å². The second-order valence-electron chi connectivity index (χ2n) is 7.50. The van der Waals surface area contributed by atoms with Gasteiger partial charge >= 0.3 is 0 Å². The van der Waals surface area contributed by atoms with Crippen molar-refractivity contribution in [2.75, 3.05) is 6.54 Å². The lowest BCUT2D eigenvalue weighted by molar-refractivity contribution is 0.0234. The van der Waals surface area contributed by atoms with Crippen LogP contribution in [0.25, 0.3) is 0 Å². The SMILES string of the molecule is CC(C)NCC1(c2ccc(F)cc2F)CC2(CCCC2)C1. The van der Waals surface area contributed by atoms with Crippen LogP contribution >= 0.6 is 0 Å². The van der Waals surface area contributed by atoms with E-state index in [4.69, 9.17) is 0 Å². The van der Waals surface area contributed by atoms with Crippen LogP contribution in [0.3, 0.4) is 0 Å². The van der Waals surface area contributed by atoms with Gasteiger partial charge in [-0.25, -0.2) is 8.78 Å². The van der Waals surface area contributed by atoms with Crippen molar-refractivity contribution in [3.63, 3.8) is 0 Å². The minimum atomic E-state index is -0.488. The molecule has 0 amide bonds. The topological polar surface area (TPSA) is 12.0 Å². The largest absolute Gasteiger partial charge is 0.314 e. The van der Waals surface area contributed by atoms with Crippen molar-refractivity contribution in [3.8, 4) is 0 Å². The van der Waals surface area contributed by atoms with Crippen LogP contribution in [-0.4, -0.2) is 12.6 Å². The first kappa shape index (κ1) is 15.0. The van der Waals surface area contributed by atoms with E-state index in [0.29, 0.717) is 17.0 Å². The van der Waals surface area contributed by atoms with Gasteiger partial charge in [0.15, 0.2) is 0 Å². The van der Waals surface area contributed by atoms with E-state index in [1.165, 1.54) is 31.7 Å². The van der Waals surface area contributed by atoms with Gasteiger partial charge in [-0.2, -0.15) is 0 Å². The second-order valence-corrected chi connectivity index (χ2v) is 7.50. The van der Waals surface area contributed by atoms with Crippen LogP contribution in [0.2, 0.25) is 0 Å². The van der Waals surface area contributed by atoms with Gasteiger partial charge in [-0.1, -0.05) is 32.8 Å². The average molecular weight is 293 g/mol. The lowest BCUT2D eigenvalue weighted by Gasteiger charge is -2.56. The molecule has 0 bridgehead atoms. The van der Waals surface area contributed by atoms with E-state index in [-0.39, 0.29) is 11.2 Å². The third kappa shape index (κ3) is 2.73. The normalized spacial score (nSPS) is 22.7. The molecule has 0 heterocycles. The maximum atomic E-state index is 14.3. The summed E-state index contributed by atoms with van der Waals surface area (Å²) in [6, 6.07) is 4.47. The van der Waals surface area contributed by atoms with Crippen molar-refractivity contribution in [1.82, 2.24) is 5.32 Å². The van der Waals surface area contributed by atoms with E-state index >= 15 is 0 Å². The van der Waals surface area contributed by atoms with Crippen molar-refractivity contribution >= 4 is 0 Å². The molecule has 2 aliphatic carbocycles. The summed E-state index contributed by atoms with van der Waals surface area (Å²) in [6.45, 7) is 5.01. The third-order valence-corrected chi connectivity index (χ3v) is 5.44. The number of halogens is 2. The van der Waals surface area contributed by atoms with E-state index in [0.717, 1.165) is 25.5 Å². The zero-order valence-corrected chi connectivity index (χ0v) is 13.0. The first-order valence-corrected chi connectivity index (χ1v) is 8.14. The Morgan fingerprint density at radius 2 is 1.81 bits per heavy atom. The summed E-state index contributed by atoms with van der Waals surface area (Å²) in [5, 5.41) is 3.47. The van der Waals surface area contributed by atoms with Gasteiger partial charge in [0.1, 0.15) is 11.6 Å². The fraction of sp³-hybridized carbons (Fsp3) is 0.667. The number of benzene rings is 1. The predicted molar refractivity (Wildman–Crippen MR) is 81.3 cm³/mol. The Balaban J connectivity index is 1.86. The van der Waals surface area contributed by atoms with Gasteiger partial charge in [-0.3, -0.25) is 0 Å². The van der Waals surface area contributed by atoms with Crippen molar-refractivity contribution in [2.24, 2.45) is 5.41 Å². The monoisotopic (exact) mass is 293 g/mol. The van der Waals surface area contributed by atoms with Crippen molar-refractivity contribution in [3.05, 3.63) is 35.4 Å². The van der Waals surface area contributed by atoms with E-state index < -0.39 is 5.82 Å². The van der Waals surface area contributed by atoms with Crippen LogP contribution in [0.4, 0.5) is 8.78 Å². The van der Waals surface area contributed by atoms with Crippen LogP contribution in [-0.2, 0) is 5.41 Å². The van der Waals surface area contributed by atoms with Crippen LogP contribution in [0.5, 0.6) is 0 Å². The zero-order chi connectivity index (χ0) is 15.1. The number of rotatable bonds is 4. The third-order valence-electron chi connectivity index (χ3n) is 5.44.